The molecule has 3 aromatic rings. The van der Waals surface area contributed by atoms with E-state index in [1.165, 1.54) is 18.2 Å². The maximum Gasteiger partial charge on any atom is 0.427 e. The number of rotatable bonds is 3. The lowest BCUT2D eigenvalue weighted by Crippen LogP contribution is -2.59. The predicted octanol–water partition coefficient (Wildman–Crippen LogP) is 5.08. The quantitative estimate of drug-likeness (QED) is 0.458. The lowest BCUT2D eigenvalue weighted by molar-refractivity contribution is -0.301. The third kappa shape index (κ3) is 4.10. The van der Waals surface area contributed by atoms with Gasteiger partial charge in [0, 0.05) is 10.6 Å². The van der Waals surface area contributed by atoms with Crippen LogP contribution in [0.1, 0.15) is 16.7 Å². The average molecular weight is 537 g/mol. The largest absolute Gasteiger partial charge is 0.427 e. The Hall–Kier alpha value is -3.25. The topological polar surface area (TPSA) is 79.2 Å². The molecule has 6 nitrogen and oxygen atoms in total. The van der Waals surface area contributed by atoms with E-state index >= 15 is 0 Å². The van der Waals surface area contributed by atoms with Gasteiger partial charge >= 0.3 is 18.0 Å². The maximum atomic E-state index is 14.3. The third-order valence-electron chi connectivity index (χ3n) is 5.27. The third-order valence-corrected chi connectivity index (χ3v) is 5.82. The Labute approximate surface area is 201 Å². The number of hydrogen-bond donors (Lipinski definition) is 2. The fourth-order valence-electron chi connectivity index (χ4n) is 3.70. The molecule has 2 aromatic carbocycles. The zero-order chi connectivity index (χ0) is 25.8. The molecule has 0 fully saturated rings. The molecule has 0 saturated heterocycles. The highest BCUT2D eigenvalue weighted by Crippen LogP contribution is 2.55. The number of aromatic nitrogens is 2. The Kier molecular flexibility index (Phi) is 6.00. The Morgan fingerprint density at radius 2 is 1.57 bits per heavy atom. The van der Waals surface area contributed by atoms with Crippen LogP contribution in [0, 0.1) is 0 Å². The highest BCUT2D eigenvalue weighted by molar-refractivity contribution is 6.37. The van der Waals surface area contributed by atoms with Crippen molar-refractivity contribution in [2.24, 2.45) is 4.99 Å². The molecule has 4 rings (SSSR count). The molecule has 1 aromatic heterocycles. The molecule has 14 heteroatoms. The van der Waals surface area contributed by atoms with Gasteiger partial charge in [-0.2, -0.15) is 26.3 Å². The highest BCUT2D eigenvalue weighted by atomic mass is 35.5. The van der Waals surface area contributed by atoms with Crippen LogP contribution < -0.4 is 16.6 Å². The van der Waals surface area contributed by atoms with Gasteiger partial charge in [0.2, 0.25) is 0 Å². The summed E-state index contributed by atoms with van der Waals surface area (Å²) in [6.07, 6.45) is -12.3. The van der Waals surface area contributed by atoms with Crippen molar-refractivity contribution in [1.29, 1.82) is 0 Å². The number of fused-ring (bicyclic) bond motifs is 1. The summed E-state index contributed by atoms with van der Waals surface area (Å²) in [4.78, 5) is 29.7. The number of halogens is 8. The number of alkyl halides is 6. The molecular formula is C21H12Cl2F6N4O2. The summed E-state index contributed by atoms with van der Waals surface area (Å²) in [5.41, 5.74) is -9.93. The van der Waals surface area contributed by atoms with Gasteiger partial charge in [-0.15, -0.1) is 0 Å². The van der Waals surface area contributed by atoms with Gasteiger partial charge in [0.05, 0.1) is 11.6 Å². The Balaban J connectivity index is 2.11. The van der Waals surface area contributed by atoms with Gasteiger partial charge in [-0.05, 0) is 23.8 Å². The van der Waals surface area contributed by atoms with Gasteiger partial charge in [0.1, 0.15) is 17.2 Å². The molecule has 0 bridgehead atoms. The van der Waals surface area contributed by atoms with Crippen LogP contribution in [0.3, 0.4) is 0 Å². The van der Waals surface area contributed by atoms with E-state index in [1.807, 2.05) is 0 Å². The standard InChI is InChI=1S/C21H12Cl2F6N4O2/c22-11-6-7-12(13(23)8-11)15-30-16-14(19(32-15,20(24,25)26)21(27,28)29)17(34)31-18(35)33(16)9-10-4-2-1-3-5-10/h1-8H,9H2,(H,30,32)(H,31,34,35). The molecule has 0 saturated carbocycles. The van der Waals surface area contributed by atoms with Crippen molar-refractivity contribution < 1.29 is 26.3 Å². The minimum absolute atomic E-state index is 0.0610. The molecule has 35 heavy (non-hydrogen) atoms. The van der Waals surface area contributed by atoms with Gasteiger partial charge in [-0.3, -0.25) is 14.3 Å². The van der Waals surface area contributed by atoms with E-state index in [0.717, 1.165) is 12.1 Å². The van der Waals surface area contributed by atoms with Crippen LogP contribution in [0.25, 0.3) is 0 Å². The number of benzene rings is 2. The molecule has 1 aliphatic rings. The number of anilines is 1. The number of H-pyrrole nitrogens is 1. The van der Waals surface area contributed by atoms with Gasteiger partial charge in [0.15, 0.2) is 0 Å². The van der Waals surface area contributed by atoms with Crippen molar-refractivity contribution >= 4 is 34.9 Å². The molecule has 0 atom stereocenters. The number of nitrogens with one attached hydrogen (secondary N) is 2. The average Bonchev–Trinajstić information content (AvgIpc) is 2.75. The van der Waals surface area contributed by atoms with Crippen molar-refractivity contribution in [3.8, 4) is 0 Å². The summed E-state index contributed by atoms with van der Waals surface area (Å²) >= 11 is 11.8. The van der Waals surface area contributed by atoms with Crippen LogP contribution in [0.4, 0.5) is 32.2 Å². The molecular weight excluding hydrogens is 525 g/mol. The monoisotopic (exact) mass is 536 g/mol. The second-order valence-electron chi connectivity index (χ2n) is 7.47. The number of aromatic amines is 1. The summed E-state index contributed by atoms with van der Waals surface area (Å²) in [6.45, 7) is -0.459. The number of aliphatic imine (C=N–C) groups is 1. The molecule has 1 aliphatic heterocycles. The first-order valence-electron chi connectivity index (χ1n) is 9.63. The van der Waals surface area contributed by atoms with Crippen LogP contribution in [0.2, 0.25) is 10.0 Å². The second-order valence-corrected chi connectivity index (χ2v) is 8.31. The molecule has 0 aliphatic carbocycles. The fraction of sp³-hybridized carbons (Fsp3) is 0.190. The molecule has 2 heterocycles. The zero-order valence-corrected chi connectivity index (χ0v) is 18.6. The van der Waals surface area contributed by atoms with Gasteiger partial charge in [-0.25, -0.2) is 9.79 Å². The minimum atomic E-state index is -6.13. The lowest BCUT2D eigenvalue weighted by Gasteiger charge is -2.38. The fourth-order valence-corrected chi connectivity index (χ4v) is 4.20. The van der Waals surface area contributed by atoms with Crippen molar-refractivity contribution in [2.75, 3.05) is 5.32 Å². The first kappa shape index (κ1) is 24.9. The lowest BCUT2D eigenvalue weighted by atomic mass is 9.87. The van der Waals surface area contributed by atoms with E-state index in [4.69, 9.17) is 23.2 Å². The van der Waals surface area contributed by atoms with E-state index in [2.05, 4.69) is 10.3 Å². The Morgan fingerprint density at radius 3 is 2.14 bits per heavy atom. The summed E-state index contributed by atoms with van der Waals surface area (Å²) in [5, 5.41) is 2.06. The van der Waals surface area contributed by atoms with Crippen LogP contribution in [-0.2, 0) is 12.1 Å². The second kappa shape index (κ2) is 8.45. The highest BCUT2D eigenvalue weighted by Gasteiger charge is 2.75. The first-order valence-corrected chi connectivity index (χ1v) is 10.4. The molecule has 0 spiro atoms. The summed E-state index contributed by atoms with van der Waals surface area (Å²) in [7, 11) is 0. The molecule has 184 valence electrons. The molecule has 0 radical (unpaired) electrons. The van der Waals surface area contributed by atoms with E-state index in [0.29, 0.717) is 10.1 Å². The maximum absolute atomic E-state index is 14.3. The first-order chi connectivity index (χ1) is 16.3. The smallest absolute Gasteiger partial charge is 0.325 e. The van der Waals surface area contributed by atoms with Crippen molar-refractivity contribution in [2.45, 2.75) is 24.4 Å². The summed E-state index contributed by atoms with van der Waals surface area (Å²) in [5.74, 6) is -1.98. The van der Waals surface area contributed by atoms with E-state index in [-0.39, 0.29) is 15.6 Å². The van der Waals surface area contributed by atoms with Crippen LogP contribution in [0.15, 0.2) is 63.1 Å². The normalized spacial score (nSPS) is 15.3. The summed E-state index contributed by atoms with van der Waals surface area (Å²) < 4.78 is 86.5. The van der Waals surface area contributed by atoms with Gasteiger partial charge in [-0.1, -0.05) is 53.5 Å². The predicted molar refractivity (Wildman–Crippen MR) is 117 cm³/mol. The Morgan fingerprint density at radius 1 is 0.943 bits per heavy atom. The number of nitrogens with zero attached hydrogens (tertiary/aromatic N) is 2. The Bertz CT molecular complexity index is 1430. The van der Waals surface area contributed by atoms with Crippen molar-refractivity contribution in [3.63, 3.8) is 0 Å². The molecule has 0 amide bonds. The number of hydrogen-bond acceptors (Lipinski definition) is 4. The minimum Gasteiger partial charge on any atom is -0.325 e. The molecule has 2 N–H and O–H groups in total. The van der Waals surface area contributed by atoms with Crippen molar-refractivity contribution in [3.05, 3.63) is 96.1 Å². The van der Waals surface area contributed by atoms with Crippen LogP contribution in [0.5, 0.6) is 0 Å². The van der Waals surface area contributed by atoms with Crippen LogP contribution in [-0.4, -0.2) is 27.7 Å². The van der Waals surface area contributed by atoms with E-state index in [1.54, 1.807) is 23.2 Å². The molecule has 0 unspecified atom stereocenters. The van der Waals surface area contributed by atoms with E-state index < -0.39 is 52.9 Å². The van der Waals surface area contributed by atoms with Gasteiger partial charge < -0.3 is 5.32 Å². The SMILES string of the molecule is O=c1[nH]c(=O)n(Cc2ccccc2)c2c1C(C(F)(F)F)(C(F)(F)F)N=C(c1ccc(Cl)cc1Cl)N2. The summed E-state index contributed by atoms with van der Waals surface area (Å²) in [6, 6.07) is 11.1. The van der Waals surface area contributed by atoms with Gasteiger partial charge in [0.25, 0.3) is 11.1 Å². The number of amidine groups is 1. The van der Waals surface area contributed by atoms with Crippen molar-refractivity contribution in [1.82, 2.24) is 9.55 Å². The zero-order valence-electron chi connectivity index (χ0n) is 17.1. The van der Waals surface area contributed by atoms with E-state index in [9.17, 15) is 35.9 Å². The van der Waals surface area contributed by atoms with Crippen LogP contribution >= 0.6 is 23.2 Å².